The van der Waals surface area contributed by atoms with E-state index >= 15 is 4.39 Å². The van der Waals surface area contributed by atoms with Crippen molar-refractivity contribution in [3.05, 3.63) is 47.9 Å². The molecule has 5 rings (SSSR count). The molecular weight excluding hydrogens is 554 g/mol. The van der Waals surface area contributed by atoms with E-state index in [1.165, 1.54) is 19.1 Å². The fourth-order valence-corrected chi connectivity index (χ4v) is 6.80. The maximum atomic E-state index is 15.1. The van der Waals surface area contributed by atoms with Crippen LogP contribution in [0, 0.1) is 23.1 Å². The number of ether oxygens (including phenoxy) is 1. The van der Waals surface area contributed by atoms with Crippen LogP contribution in [0.5, 0.6) is 5.88 Å². The van der Waals surface area contributed by atoms with Gasteiger partial charge in [0.25, 0.3) is 5.91 Å². The number of aliphatic hydroxyl groups is 1. The molecule has 2 aliphatic carbocycles. The quantitative estimate of drug-likeness (QED) is 0.386. The number of alkyl halides is 3. The molecule has 2 heterocycles. The Kier molecular flexibility index (Phi) is 8.26. The van der Waals surface area contributed by atoms with Crippen LogP contribution < -0.4 is 10.5 Å². The number of benzene rings is 1. The summed E-state index contributed by atoms with van der Waals surface area (Å²) in [5.41, 5.74) is 3.46. The largest absolute Gasteiger partial charge is 0.477 e. The second kappa shape index (κ2) is 11.5. The Morgan fingerprint density at radius 3 is 2.31 bits per heavy atom. The molecule has 42 heavy (non-hydrogen) atoms. The zero-order valence-electron chi connectivity index (χ0n) is 23.6. The first kappa shape index (κ1) is 30.3. The standard InChI is InChI=1S/C31H37F4N3O4/c1-29(28(36)41)15-23(39)17-38(29)27(40)24-9-7-21(13-25(24)32)22-8-10-26(37-16-22)42-18-20-5-3-19(4-6-20)14-30(11-2-12-30)31(33,34)35/h7-10,13,16,19-20,23,39H,2-6,11-12,14-15,17-18H2,1H3,(H2,36,41)/t19?,20?,23-,29+/m1/s1. The molecule has 3 N–H and O–H groups in total. The van der Waals surface area contributed by atoms with Crippen molar-refractivity contribution in [3.8, 4) is 17.0 Å². The van der Waals surface area contributed by atoms with Gasteiger partial charge < -0.3 is 20.5 Å². The maximum absolute atomic E-state index is 15.1. The number of nitrogens with two attached hydrogens (primary N) is 1. The van der Waals surface area contributed by atoms with Gasteiger partial charge in [-0.15, -0.1) is 0 Å². The Bertz CT molecular complexity index is 1310. The van der Waals surface area contributed by atoms with E-state index < -0.39 is 40.9 Å². The summed E-state index contributed by atoms with van der Waals surface area (Å²) in [7, 11) is 0. The summed E-state index contributed by atoms with van der Waals surface area (Å²) in [5, 5.41) is 10.0. The normalized spacial score (nSPS) is 27.4. The number of carbonyl (C=O) groups is 2. The number of rotatable bonds is 8. The highest BCUT2D eigenvalue weighted by Crippen LogP contribution is 2.57. The third-order valence-electron chi connectivity index (χ3n) is 9.69. The Labute approximate surface area is 242 Å². The van der Waals surface area contributed by atoms with Crippen molar-refractivity contribution in [1.82, 2.24) is 9.88 Å². The molecule has 0 unspecified atom stereocenters. The minimum atomic E-state index is -4.11. The number of hydrogen-bond acceptors (Lipinski definition) is 5. The number of primary amides is 1. The van der Waals surface area contributed by atoms with Crippen LogP contribution in [0.25, 0.3) is 11.1 Å². The molecule has 3 aliphatic rings. The van der Waals surface area contributed by atoms with Gasteiger partial charge in [0.1, 0.15) is 11.4 Å². The van der Waals surface area contributed by atoms with Gasteiger partial charge in [0.15, 0.2) is 0 Å². The zero-order chi connectivity index (χ0) is 30.3. The van der Waals surface area contributed by atoms with Gasteiger partial charge in [-0.05, 0) is 74.6 Å². The van der Waals surface area contributed by atoms with Gasteiger partial charge in [-0.2, -0.15) is 13.2 Å². The number of pyridine rings is 1. The molecule has 0 radical (unpaired) electrons. The SMILES string of the molecule is C[C@@]1(C(N)=O)C[C@@H](O)CN1C(=O)c1ccc(-c2ccc(OCC3CCC(CC4(C(F)(F)F)CCC4)CC3)nc2)cc1F. The van der Waals surface area contributed by atoms with E-state index in [1.54, 1.807) is 24.4 Å². The molecule has 3 fully saturated rings. The summed E-state index contributed by atoms with van der Waals surface area (Å²) in [6, 6.07) is 7.52. The highest BCUT2D eigenvalue weighted by atomic mass is 19.4. The minimum Gasteiger partial charge on any atom is -0.477 e. The predicted octanol–water partition coefficient (Wildman–Crippen LogP) is 5.65. The summed E-state index contributed by atoms with van der Waals surface area (Å²) >= 11 is 0. The molecule has 2 amide bonds. The number of aliphatic hydroxyl groups excluding tert-OH is 1. The van der Waals surface area contributed by atoms with Crippen molar-refractivity contribution >= 4 is 11.8 Å². The van der Waals surface area contributed by atoms with Crippen LogP contribution in [0.2, 0.25) is 0 Å². The molecule has 1 aliphatic heterocycles. The van der Waals surface area contributed by atoms with Gasteiger partial charge in [-0.25, -0.2) is 9.37 Å². The second-order valence-corrected chi connectivity index (χ2v) is 12.5. The number of amides is 2. The number of likely N-dealkylation sites (tertiary alicyclic amines) is 1. The molecule has 2 aromatic rings. The number of β-amino-alcohol motifs (C(OH)–C–C–N with tert-alkyl or cyclic N) is 1. The van der Waals surface area contributed by atoms with Gasteiger partial charge in [-0.1, -0.05) is 25.3 Å². The monoisotopic (exact) mass is 591 g/mol. The molecule has 1 aromatic carbocycles. The van der Waals surface area contributed by atoms with Crippen LogP contribution in [0.3, 0.4) is 0 Å². The van der Waals surface area contributed by atoms with Gasteiger partial charge in [0, 0.05) is 30.8 Å². The Balaban J connectivity index is 1.14. The first-order valence-corrected chi connectivity index (χ1v) is 14.6. The Morgan fingerprint density at radius 1 is 1.10 bits per heavy atom. The fraction of sp³-hybridized carbons (Fsp3) is 0.581. The molecule has 11 heteroatoms. The average molecular weight is 592 g/mol. The second-order valence-electron chi connectivity index (χ2n) is 12.5. The van der Waals surface area contributed by atoms with Crippen molar-refractivity contribution in [2.75, 3.05) is 13.2 Å². The van der Waals surface area contributed by atoms with Crippen molar-refractivity contribution in [1.29, 1.82) is 0 Å². The number of halogens is 4. The fourth-order valence-electron chi connectivity index (χ4n) is 6.80. The van der Waals surface area contributed by atoms with Crippen molar-refractivity contribution < 1.29 is 37.0 Å². The van der Waals surface area contributed by atoms with E-state index in [-0.39, 0.29) is 49.6 Å². The molecule has 1 saturated heterocycles. The number of aromatic nitrogens is 1. The van der Waals surface area contributed by atoms with Crippen molar-refractivity contribution in [3.63, 3.8) is 0 Å². The predicted molar refractivity (Wildman–Crippen MR) is 147 cm³/mol. The van der Waals surface area contributed by atoms with E-state index in [1.807, 2.05) is 0 Å². The molecule has 228 valence electrons. The van der Waals surface area contributed by atoms with Crippen LogP contribution in [0.4, 0.5) is 17.6 Å². The van der Waals surface area contributed by atoms with Crippen LogP contribution >= 0.6 is 0 Å². The highest BCUT2D eigenvalue weighted by molar-refractivity contribution is 5.99. The Hall–Kier alpha value is -3.21. The average Bonchev–Trinajstić information content (AvgIpc) is 3.24. The first-order valence-electron chi connectivity index (χ1n) is 14.6. The Morgan fingerprint density at radius 2 is 1.76 bits per heavy atom. The summed E-state index contributed by atoms with van der Waals surface area (Å²) in [4.78, 5) is 30.5. The summed E-state index contributed by atoms with van der Waals surface area (Å²) < 4.78 is 61.6. The van der Waals surface area contributed by atoms with E-state index in [0.29, 0.717) is 30.0 Å². The zero-order valence-corrected chi connectivity index (χ0v) is 23.6. The van der Waals surface area contributed by atoms with E-state index in [9.17, 15) is 27.9 Å². The third kappa shape index (κ3) is 5.85. The maximum Gasteiger partial charge on any atom is 0.394 e. The van der Waals surface area contributed by atoms with Crippen molar-refractivity contribution in [2.24, 2.45) is 23.0 Å². The van der Waals surface area contributed by atoms with Gasteiger partial charge in [0.05, 0.1) is 23.7 Å². The summed E-state index contributed by atoms with van der Waals surface area (Å²) in [6.07, 6.45) is 1.13. The van der Waals surface area contributed by atoms with Crippen molar-refractivity contribution in [2.45, 2.75) is 82.5 Å². The number of hydrogen-bond donors (Lipinski definition) is 2. The lowest BCUT2D eigenvalue weighted by molar-refractivity contribution is -0.257. The summed E-state index contributed by atoms with van der Waals surface area (Å²) in [6.45, 7) is 1.77. The van der Waals surface area contributed by atoms with Crippen LogP contribution in [0.15, 0.2) is 36.5 Å². The smallest absolute Gasteiger partial charge is 0.394 e. The topological polar surface area (TPSA) is 106 Å². The van der Waals surface area contributed by atoms with Crippen LogP contribution in [-0.4, -0.2) is 57.8 Å². The lowest BCUT2D eigenvalue weighted by Gasteiger charge is -2.46. The number of carbonyl (C=O) groups excluding carboxylic acids is 2. The van der Waals surface area contributed by atoms with Crippen LogP contribution in [-0.2, 0) is 4.79 Å². The molecule has 2 atom stereocenters. The lowest BCUT2D eigenvalue weighted by atomic mass is 9.61. The molecule has 1 aromatic heterocycles. The molecule has 7 nitrogen and oxygen atoms in total. The molecular formula is C31H37F4N3O4. The molecule has 2 saturated carbocycles. The lowest BCUT2D eigenvalue weighted by Crippen LogP contribution is -2.54. The minimum absolute atomic E-state index is 0.0162. The third-order valence-corrected chi connectivity index (χ3v) is 9.69. The van der Waals surface area contributed by atoms with E-state index in [2.05, 4.69) is 4.98 Å². The van der Waals surface area contributed by atoms with Gasteiger partial charge >= 0.3 is 6.18 Å². The van der Waals surface area contributed by atoms with Gasteiger partial charge in [0.2, 0.25) is 11.8 Å². The van der Waals surface area contributed by atoms with Crippen LogP contribution in [0.1, 0.15) is 75.1 Å². The first-order chi connectivity index (χ1) is 19.8. The molecule has 0 bridgehead atoms. The van der Waals surface area contributed by atoms with E-state index in [0.717, 1.165) is 30.6 Å². The number of nitrogens with zero attached hydrogens (tertiary/aromatic N) is 2. The molecule has 0 spiro atoms. The highest BCUT2D eigenvalue weighted by Gasteiger charge is 2.58. The van der Waals surface area contributed by atoms with Gasteiger partial charge in [-0.3, -0.25) is 9.59 Å². The summed E-state index contributed by atoms with van der Waals surface area (Å²) in [5.74, 6) is -1.50. The van der Waals surface area contributed by atoms with E-state index in [4.69, 9.17) is 10.5 Å².